The zero-order valence-electron chi connectivity index (χ0n) is 17.2. The Morgan fingerprint density at radius 1 is 0.900 bits per heavy atom. The zero-order chi connectivity index (χ0) is 21.3. The van der Waals surface area contributed by atoms with Gasteiger partial charge in [0.1, 0.15) is 0 Å². The molecule has 3 amide bonds. The van der Waals surface area contributed by atoms with Crippen molar-refractivity contribution in [2.24, 2.45) is 0 Å². The molecule has 0 spiro atoms. The van der Waals surface area contributed by atoms with Gasteiger partial charge in [-0.15, -0.1) is 0 Å². The Balaban J connectivity index is 1.39. The minimum absolute atomic E-state index is 0.207. The first-order valence-electron chi connectivity index (χ1n) is 10.3. The minimum Gasteiger partial charge on any atom is -0.372 e. The molecule has 0 aromatic heterocycles. The van der Waals surface area contributed by atoms with E-state index in [9.17, 15) is 14.4 Å². The standard InChI is InChI=1S/C23H28N4O3/c1-17(28)25-19-7-4-8-20(16-19)26-23(30)22(29)24-13-5-6-18-9-11-21(12-10-18)27-14-2-3-15-27/h4,7-12,16H,2-3,5-6,13-15H2,1H3,(H,24,29)(H,25,28)(H,26,30). The van der Waals surface area contributed by atoms with Crippen molar-refractivity contribution < 1.29 is 14.4 Å². The summed E-state index contributed by atoms with van der Waals surface area (Å²) in [6.45, 7) is 4.09. The average molecular weight is 409 g/mol. The summed E-state index contributed by atoms with van der Waals surface area (Å²) >= 11 is 0. The second-order valence-electron chi connectivity index (χ2n) is 7.44. The van der Waals surface area contributed by atoms with E-state index < -0.39 is 11.8 Å². The van der Waals surface area contributed by atoms with E-state index in [1.807, 2.05) is 0 Å². The highest BCUT2D eigenvalue weighted by molar-refractivity contribution is 6.39. The predicted octanol–water partition coefficient (Wildman–Crippen LogP) is 2.93. The van der Waals surface area contributed by atoms with Crippen molar-refractivity contribution in [3.63, 3.8) is 0 Å². The highest BCUT2D eigenvalue weighted by Crippen LogP contribution is 2.20. The summed E-state index contributed by atoms with van der Waals surface area (Å²) in [4.78, 5) is 37.6. The second kappa shape index (κ2) is 10.4. The summed E-state index contributed by atoms with van der Waals surface area (Å²) in [6, 6.07) is 15.2. The topological polar surface area (TPSA) is 90.5 Å². The fourth-order valence-electron chi connectivity index (χ4n) is 3.49. The van der Waals surface area contributed by atoms with Gasteiger partial charge in [-0.2, -0.15) is 0 Å². The molecule has 2 aromatic rings. The van der Waals surface area contributed by atoms with Crippen LogP contribution in [0.4, 0.5) is 17.1 Å². The maximum absolute atomic E-state index is 12.1. The van der Waals surface area contributed by atoms with Crippen LogP contribution in [0, 0.1) is 0 Å². The van der Waals surface area contributed by atoms with Gasteiger partial charge in [0.25, 0.3) is 0 Å². The van der Waals surface area contributed by atoms with Gasteiger partial charge in [0, 0.05) is 43.6 Å². The van der Waals surface area contributed by atoms with Crippen LogP contribution in [0.1, 0.15) is 31.7 Å². The van der Waals surface area contributed by atoms with Crippen LogP contribution in [0.15, 0.2) is 48.5 Å². The lowest BCUT2D eigenvalue weighted by Crippen LogP contribution is -2.36. The molecule has 2 aromatic carbocycles. The molecule has 1 saturated heterocycles. The van der Waals surface area contributed by atoms with Gasteiger partial charge in [-0.05, 0) is 61.6 Å². The molecule has 3 rings (SSSR count). The second-order valence-corrected chi connectivity index (χ2v) is 7.44. The lowest BCUT2D eigenvalue weighted by atomic mass is 10.1. The van der Waals surface area contributed by atoms with Crippen LogP contribution in [0.2, 0.25) is 0 Å². The summed E-state index contributed by atoms with van der Waals surface area (Å²) < 4.78 is 0. The Kier molecular flexibility index (Phi) is 7.43. The predicted molar refractivity (Wildman–Crippen MR) is 119 cm³/mol. The number of carbonyl (C=O) groups is 3. The van der Waals surface area contributed by atoms with E-state index in [0.717, 1.165) is 25.9 Å². The Hall–Kier alpha value is -3.35. The first-order chi connectivity index (χ1) is 14.5. The molecule has 0 atom stereocenters. The van der Waals surface area contributed by atoms with Gasteiger partial charge in [-0.3, -0.25) is 14.4 Å². The van der Waals surface area contributed by atoms with Crippen molar-refractivity contribution in [3.8, 4) is 0 Å². The van der Waals surface area contributed by atoms with Gasteiger partial charge in [0.2, 0.25) is 5.91 Å². The van der Waals surface area contributed by atoms with E-state index in [0.29, 0.717) is 17.9 Å². The van der Waals surface area contributed by atoms with Crippen molar-refractivity contribution in [1.29, 1.82) is 0 Å². The van der Waals surface area contributed by atoms with Gasteiger partial charge in [-0.1, -0.05) is 18.2 Å². The monoisotopic (exact) mass is 408 g/mol. The van der Waals surface area contributed by atoms with Gasteiger partial charge < -0.3 is 20.9 Å². The van der Waals surface area contributed by atoms with Crippen LogP contribution in [0.25, 0.3) is 0 Å². The van der Waals surface area contributed by atoms with E-state index in [2.05, 4.69) is 45.1 Å². The van der Waals surface area contributed by atoms with Crippen LogP contribution in [0.5, 0.6) is 0 Å². The fraction of sp³-hybridized carbons (Fsp3) is 0.348. The molecule has 7 heteroatoms. The van der Waals surface area contributed by atoms with E-state index >= 15 is 0 Å². The zero-order valence-corrected chi connectivity index (χ0v) is 17.2. The van der Waals surface area contributed by atoms with Crippen LogP contribution in [-0.2, 0) is 20.8 Å². The van der Waals surface area contributed by atoms with Gasteiger partial charge >= 0.3 is 11.8 Å². The number of rotatable bonds is 7. The van der Waals surface area contributed by atoms with Crippen molar-refractivity contribution in [1.82, 2.24) is 5.32 Å². The molecule has 7 nitrogen and oxygen atoms in total. The molecule has 0 bridgehead atoms. The van der Waals surface area contributed by atoms with Crippen LogP contribution in [-0.4, -0.2) is 37.4 Å². The quantitative estimate of drug-likeness (QED) is 0.485. The molecular formula is C23H28N4O3. The first-order valence-corrected chi connectivity index (χ1v) is 10.3. The number of hydrogen-bond acceptors (Lipinski definition) is 4. The number of carbonyl (C=O) groups excluding carboxylic acids is 3. The number of anilines is 3. The highest BCUT2D eigenvalue weighted by atomic mass is 16.2. The number of amides is 3. The third-order valence-corrected chi connectivity index (χ3v) is 4.98. The lowest BCUT2D eigenvalue weighted by Gasteiger charge is -2.17. The molecule has 30 heavy (non-hydrogen) atoms. The summed E-state index contributed by atoms with van der Waals surface area (Å²) in [5, 5.41) is 7.82. The molecule has 1 fully saturated rings. The van der Waals surface area contributed by atoms with E-state index in [-0.39, 0.29) is 5.91 Å². The Bertz CT molecular complexity index is 890. The van der Waals surface area contributed by atoms with E-state index in [1.54, 1.807) is 24.3 Å². The molecule has 1 heterocycles. The van der Waals surface area contributed by atoms with Crippen molar-refractivity contribution >= 4 is 34.8 Å². The third-order valence-electron chi connectivity index (χ3n) is 4.98. The maximum atomic E-state index is 12.1. The number of nitrogens with zero attached hydrogens (tertiary/aromatic N) is 1. The molecule has 0 radical (unpaired) electrons. The third kappa shape index (κ3) is 6.34. The van der Waals surface area contributed by atoms with Gasteiger partial charge in [0.15, 0.2) is 0 Å². The van der Waals surface area contributed by atoms with E-state index in [1.165, 1.54) is 31.0 Å². The Labute approximate surface area is 176 Å². The number of nitrogens with one attached hydrogen (secondary N) is 3. The molecule has 3 N–H and O–H groups in total. The first kappa shape index (κ1) is 21.4. The molecule has 0 aliphatic carbocycles. The normalized spacial score (nSPS) is 13.0. The SMILES string of the molecule is CC(=O)Nc1cccc(NC(=O)C(=O)NCCCc2ccc(N3CCCC3)cc2)c1. The maximum Gasteiger partial charge on any atom is 0.313 e. The average Bonchev–Trinajstić information content (AvgIpc) is 3.26. The summed E-state index contributed by atoms with van der Waals surface area (Å²) in [6.07, 6.45) is 4.10. The van der Waals surface area contributed by atoms with Crippen LogP contribution in [0.3, 0.4) is 0 Å². The minimum atomic E-state index is -0.732. The largest absolute Gasteiger partial charge is 0.372 e. The summed E-state index contributed by atoms with van der Waals surface area (Å²) in [5.41, 5.74) is 3.48. The Morgan fingerprint density at radius 3 is 2.23 bits per heavy atom. The molecule has 0 unspecified atom stereocenters. The Morgan fingerprint density at radius 2 is 1.57 bits per heavy atom. The fourth-order valence-corrected chi connectivity index (χ4v) is 3.49. The molecule has 0 saturated carbocycles. The van der Waals surface area contributed by atoms with E-state index in [4.69, 9.17) is 0 Å². The molecular weight excluding hydrogens is 380 g/mol. The molecule has 1 aliphatic heterocycles. The number of hydrogen-bond donors (Lipinski definition) is 3. The molecule has 1 aliphatic rings. The number of benzene rings is 2. The van der Waals surface area contributed by atoms with Crippen LogP contribution < -0.4 is 20.9 Å². The van der Waals surface area contributed by atoms with Gasteiger partial charge in [0.05, 0.1) is 0 Å². The van der Waals surface area contributed by atoms with Gasteiger partial charge in [-0.25, -0.2) is 0 Å². The smallest absolute Gasteiger partial charge is 0.313 e. The summed E-state index contributed by atoms with van der Waals surface area (Å²) in [5.74, 6) is -1.61. The number of aryl methyl sites for hydroxylation is 1. The van der Waals surface area contributed by atoms with Crippen molar-refractivity contribution in [2.45, 2.75) is 32.6 Å². The van der Waals surface area contributed by atoms with Crippen molar-refractivity contribution in [2.75, 3.05) is 35.2 Å². The molecule has 158 valence electrons. The summed E-state index contributed by atoms with van der Waals surface area (Å²) in [7, 11) is 0. The highest BCUT2D eigenvalue weighted by Gasteiger charge is 2.14. The lowest BCUT2D eigenvalue weighted by molar-refractivity contribution is -0.136. The van der Waals surface area contributed by atoms with Crippen LogP contribution >= 0.6 is 0 Å². The van der Waals surface area contributed by atoms with Crippen molar-refractivity contribution in [3.05, 3.63) is 54.1 Å².